The van der Waals surface area contributed by atoms with Gasteiger partial charge in [-0.25, -0.2) is 4.79 Å². The molecule has 21 heavy (non-hydrogen) atoms. The standard InChI is InChI=1S/C16H22O5/c1-5-8-12(17)15(16(18)20-6-2)21-14-11(3)9-7-10-13(14)19-4/h7,9-10,15H,5-6,8H2,1-4H3. The predicted molar refractivity (Wildman–Crippen MR) is 78.7 cm³/mol. The summed E-state index contributed by atoms with van der Waals surface area (Å²) in [5.74, 6) is -0.0846. The average Bonchev–Trinajstić information content (AvgIpc) is 2.46. The van der Waals surface area contributed by atoms with Crippen LogP contribution in [0.1, 0.15) is 32.3 Å². The molecule has 0 radical (unpaired) electrons. The molecule has 5 nitrogen and oxygen atoms in total. The lowest BCUT2D eigenvalue weighted by Gasteiger charge is -2.19. The van der Waals surface area contributed by atoms with Crippen LogP contribution in [0.3, 0.4) is 0 Å². The zero-order chi connectivity index (χ0) is 15.8. The van der Waals surface area contributed by atoms with E-state index in [1.165, 1.54) is 7.11 Å². The van der Waals surface area contributed by atoms with Gasteiger partial charge < -0.3 is 14.2 Å². The Labute approximate surface area is 125 Å². The van der Waals surface area contributed by atoms with Crippen molar-refractivity contribution < 1.29 is 23.8 Å². The molecule has 0 heterocycles. The molecule has 0 saturated carbocycles. The van der Waals surface area contributed by atoms with Crippen LogP contribution in [0.5, 0.6) is 11.5 Å². The van der Waals surface area contributed by atoms with E-state index in [1.807, 2.05) is 26.0 Å². The molecule has 0 aliphatic rings. The molecule has 0 fully saturated rings. The minimum atomic E-state index is -1.25. The topological polar surface area (TPSA) is 61.8 Å². The third kappa shape index (κ3) is 4.48. The Balaban J connectivity index is 3.06. The van der Waals surface area contributed by atoms with E-state index in [0.717, 1.165) is 5.56 Å². The van der Waals surface area contributed by atoms with Gasteiger partial charge >= 0.3 is 5.97 Å². The van der Waals surface area contributed by atoms with E-state index in [1.54, 1.807) is 13.0 Å². The van der Waals surface area contributed by atoms with Gasteiger partial charge in [0, 0.05) is 6.42 Å². The Bertz CT molecular complexity index is 477. The third-order valence-electron chi connectivity index (χ3n) is 2.92. The molecule has 0 saturated heterocycles. The molecule has 0 aliphatic carbocycles. The molecule has 116 valence electrons. The van der Waals surface area contributed by atoms with Gasteiger partial charge in [-0.15, -0.1) is 0 Å². The first-order valence-electron chi connectivity index (χ1n) is 7.04. The molecule has 1 atom stereocenters. The maximum absolute atomic E-state index is 12.1. The van der Waals surface area contributed by atoms with Gasteiger partial charge in [0.15, 0.2) is 17.3 Å². The van der Waals surface area contributed by atoms with Crippen molar-refractivity contribution in [3.05, 3.63) is 23.8 Å². The summed E-state index contributed by atoms with van der Waals surface area (Å²) in [4.78, 5) is 24.1. The van der Waals surface area contributed by atoms with E-state index in [4.69, 9.17) is 14.2 Å². The van der Waals surface area contributed by atoms with Gasteiger partial charge in [-0.1, -0.05) is 19.1 Å². The number of hydrogen-bond acceptors (Lipinski definition) is 5. The molecule has 0 bridgehead atoms. The van der Waals surface area contributed by atoms with E-state index < -0.39 is 12.1 Å². The molecule has 1 unspecified atom stereocenters. The second-order valence-electron chi connectivity index (χ2n) is 4.57. The summed E-state index contributed by atoms with van der Waals surface area (Å²) >= 11 is 0. The van der Waals surface area contributed by atoms with Crippen LogP contribution in [-0.2, 0) is 14.3 Å². The fraction of sp³-hybridized carbons (Fsp3) is 0.500. The largest absolute Gasteiger partial charge is 0.493 e. The highest BCUT2D eigenvalue weighted by Crippen LogP contribution is 2.31. The van der Waals surface area contributed by atoms with Crippen molar-refractivity contribution in [1.29, 1.82) is 0 Å². The summed E-state index contributed by atoms with van der Waals surface area (Å²) in [6.07, 6.45) is -0.347. The second kappa shape index (κ2) is 8.29. The second-order valence-corrected chi connectivity index (χ2v) is 4.57. The third-order valence-corrected chi connectivity index (χ3v) is 2.92. The molecule has 5 heteroatoms. The minimum absolute atomic E-state index is 0.197. The number of para-hydroxylation sites is 1. The van der Waals surface area contributed by atoms with Crippen LogP contribution < -0.4 is 9.47 Å². The van der Waals surface area contributed by atoms with Gasteiger partial charge in [0.05, 0.1) is 13.7 Å². The van der Waals surface area contributed by atoms with Crippen molar-refractivity contribution in [2.24, 2.45) is 0 Å². The Morgan fingerprint density at radius 1 is 1.24 bits per heavy atom. The van der Waals surface area contributed by atoms with Gasteiger partial charge in [-0.05, 0) is 31.9 Å². The summed E-state index contributed by atoms with van der Waals surface area (Å²) in [6.45, 7) is 5.58. The zero-order valence-corrected chi connectivity index (χ0v) is 13.0. The Hall–Kier alpha value is -2.04. The van der Waals surface area contributed by atoms with Gasteiger partial charge in [0.1, 0.15) is 0 Å². The molecule has 0 amide bonds. The molecule has 1 rings (SSSR count). The number of esters is 1. The summed E-state index contributed by atoms with van der Waals surface area (Å²) < 4.78 is 15.8. The number of ether oxygens (including phenoxy) is 3. The Kier molecular flexibility index (Phi) is 6.72. The van der Waals surface area contributed by atoms with Crippen molar-refractivity contribution >= 4 is 11.8 Å². The van der Waals surface area contributed by atoms with Gasteiger partial charge in [0.25, 0.3) is 6.10 Å². The molecule has 1 aromatic rings. The first-order chi connectivity index (χ1) is 10.0. The molecule has 1 aromatic carbocycles. The van der Waals surface area contributed by atoms with Crippen LogP contribution in [-0.4, -0.2) is 31.6 Å². The van der Waals surface area contributed by atoms with E-state index in [-0.39, 0.29) is 18.8 Å². The lowest BCUT2D eigenvalue weighted by molar-refractivity contribution is -0.155. The van der Waals surface area contributed by atoms with Crippen molar-refractivity contribution in [1.82, 2.24) is 0 Å². The van der Waals surface area contributed by atoms with Crippen LogP contribution in [0.15, 0.2) is 18.2 Å². The van der Waals surface area contributed by atoms with Crippen molar-refractivity contribution in [3.8, 4) is 11.5 Å². The summed E-state index contributed by atoms with van der Waals surface area (Å²) in [6, 6.07) is 5.35. The normalized spacial score (nSPS) is 11.6. The smallest absolute Gasteiger partial charge is 0.355 e. The highest BCUT2D eigenvalue weighted by atomic mass is 16.6. The SMILES string of the molecule is CCCC(=O)C(Oc1c(C)cccc1OC)C(=O)OCC. The number of methoxy groups -OCH3 is 1. The highest BCUT2D eigenvalue weighted by Gasteiger charge is 2.30. The molecular weight excluding hydrogens is 272 g/mol. The molecule has 0 spiro atoms. The first kappa shape index (κ1) is 17.0. The van der Waals surface area contributed by atoms with E-state index >= 15 is 0 Å². The number of hydrogen-bond donors (Lipinski definition) is 0. The lowest BCUT2D eigenvalue weighted by Crippen LogP contribution is -2.37. The van der Waals surface area contributed by atoms with Gasteiger partial charge in [-0.2, -0.15) is 0 Å². The number of carbonyl (C=O) groups excluding carboxylic acids is 2. The van der Waals surface area contributed by atoms with Crippen molar-refractivity contribution in [2.75, 3.05) is 13.7 Å². The first-order valence-corrected chi connectivity index (χ1v) is 7.04. The van der Waals surface area contributed by atoms with Crippen LogP contribution in [0.2, 0.25) is 0 Å². The Morgan fingerprint density at radius 2 is 1.95 bits per heavy atom. The van der Waals surface area contributed by atoms with Crippen molar-refractivity contribution in [3.63, 3.8) is 0 Å². The molecule has 0 aliphatic heterocycles. The molecule has 0 N–H and O–H groups in total. The maximum Gasteiger partial charge on any atom is 0.355 e. The lowest BCUT2D eigenvalue weighted by atomic mass is 10.1. The number of benzene rings is 1. The van der Waals surface area contributed by atoms with E-state index in [9.17, 15) is 9.59 Å². The summed E-state index contributed by atoms with van der Waals surface area (Å²) in [5, 5.41) is 0. The van der Waals surface area contributed by atoms with Crippen LogP contribution in [0.25, 0.3) is 0 Å². The van der Waals surface area contributed by atoms with Crippen LogP contribution >= 0.6 is 0 Å². The number of Topliss-reactive ketones (excluding diaryl/α,β-unsaturated/α-hetero) is 1. The minimum Gasteiger partial charge on any atom is -0.493 e. The maximum atomic E-state index is 12.1. The number of ketones is 1. The predicted octanol–water partition coefficient (Wildman–Crippen LogP) is 2.68. The number of rotatable bonds is 8. The molecular formula is C16H22O5. The van der Waals surface area contributed by atoms with Crippen LogP contribution in [0.4, 0.5) is 0 Å². The number of aryl methyl sites for hydroxylation is 1. The van der Waals surface area contributed by atoms with E-state index in [2.05, 4.69) is 0 Å². The zero-order valence-electron chi connectivity index (χ0n) is 13.0. The quantitative estimate of drug-likeness (QED) is 0.545. The molecule has 0 aromatic heterocycles. The Morgan fingerprint density at radius 3 is 2.52 bits per heavy atom. The summed E-state index contributed by atoms with van der Waals surface area (Å²) in [5.41, 5.74) is 0.785. The van der Waals surface area contributed by atoms with E-state index in [0.29, 0.717) is 17.9 Å². The van der Waals surface area contributed by atoms with Gasteiger partial charge in [-0.3, -0.25) is 4.79 Å². The highest BCUT2D eigenvalue weighted by molar-refractivity contribution is 6.02. The van der Waals surface area contributed by atoms with Gasteiger partial charge in [0.2, 0.25) is 0 Å². The fourth-order valence-electron chi connectivity index (χ4n) is 1.90. The fourth-order valence-corrected chi connectivity index (χ4v) is 1.90. The van der Waals surface area contributed by atoms with Crippen molar-refractivity contribution in [2.45, 2.75) is 39.7 Å². The monoisotopic (exact) mass is 294 g/mol. The summed E-state index contributed by atoms with van der Waals surface area (Å²) in [7, 11) is 1.51. The average molecular weight is 294 g/mol. The van der Waals surface area contributed by atoms with Crippen LogP contribution in [0, 0.1) is 6.92 Å². The number of carbonyl (C=O) groups is 2.